The Morgan fingerprint density at radius 1 is 1.36 bits per heavy atom. The van der Waals surface area contributed by atoms with Gasteiger partial charge in [0.05, 0.1) is 0 Å². The SMILES string of the molecule is C=NC1(C(=O)O)CCCCC1. The molecular formula is C8H13NO2. The number of aliphatic imine (C=N–C) groups is 1. The Kier molecular flexibility index (Phi) is 2.27. The number of carbonyl (C=O) groups is 1. The van der Waals surface area contributed by atoms with E-state index in [9.17, 15) is 4.79 Å². The summed E-state index contributed by atoms with van der Waals surface area (Å²) >= 11 is 0. The van der Waals surface area contributed by atoms with Gasteiger partial charge in [-0.25, -0.2) is 4.79 Å². The lowest BCUT2D eigenvalue weighted by atomic mass is 9.82. The fraction of sp³-hybridized carbons (Fsp3) is 0.750. The second-order valence-electron chi connectivity index (χ2n) is 3.06. The van der Waals surface area contributed by atoms with Crippen LogP contribution in [0.3, 0.4) is 0 Å². The van der Waals surface area contributed by atoms with E-state index in [-0.39, 0.29) is 0 Å². The van der Waals surface area contributed by atoms with Gasteiger partial charge in [0, 0.05) is 0 Å². The third-order valence-corrected chi connectivity index (χ3v) is 2.38. The molecule has 1 rings (SSSR count). The summed E-state index contributed by atoms with van der Waals surface area (Å²) in [5.74, 6) is -0.813. The molecule has 62 valence electrons. The molecule has 0 aromatic heterocycles. The van der Waals surface area contributed by atoms with Crippen LogP contribution < -0.4 is 0 Å². The van der Waals surface area contributed by atoms with Gasteiger partial charge in [0.25, 0.3) is 0 Å². The van der Waals surface area contributed by atoms with Gasteiger partial charge in [0.2, 0.25) is 0 Å². The molecule has 0 saturated heterocycles. The minimum absolute atomic E-state index is 0.659. The van der Waals surface area contributed by atoms with Gasteiger partial charge in [0.1, 0.15) is 0 Å². The van der Waals surface area contributed by atoms with Crippen molar-refractivity contribution < 1.29 is 9.90 Å². The fourth-order valence-corrected chi connectivity index (χ4v) is 1.58. The van der Waals surface area contributed by atoms with E-state index >= 15 is 0 Å². The van der Waals surface area contributed by atoms with Gasteiger partial charge in [-0.05, 0) is 19.6 Å². The minimum atomic E-state index is -0.849. The summed E-state index contributed by atoms with van der Waals surface area (Å²) in [6, 6.07) is 0. The van der Waals surface area contributed by atoms with Crippen LogP contribution >= 0.6 is 0 Å². The van der Waals surface area contributed by atoms with E-state index in [1.54, 1.807) is 0 Å². The number of rotatable bonds is 2. The van der Waals surface area contributed by atoms with Crippen molar-refractivity contribution in [3.63, 3.8) is 0 Å². The zero-order valence-electron chi connectivity index (χ0n) is 6.55. The lowest BCUT2D eigenvalue weighted by molar-refractivity contribution is -0.144. The average molecular weight is 155 g/mol. The monoisotopic (exact) mass is 155 g/mol. The summed E-state index contributed by atoms with van der Waals surface area (Å²) < 4.78 is 0. The van der Waals surface area contributed by atoms with Crippen molar-refractivity contribution in [1.82, 2.24) is 0 Å². The summed E-state index contributed by atoms with van der Waals surface area (Å²) in [5, 5.41) is 8.86. The molecule has 0 radical (unpaired) electrons. The van der Waals surface area contributed by atoms with Crippen LogP contribution in [0.1, 0.15) is 32.1 Å². The van der Waals surface area contributed by atoms with Crippen molar-refractivity contribution in [1.29, 1.82) is 0 Å². The molecular weight excluding hydrogens is 142 g/mol. The molecule has 11 heavy (non-hydrogen) atoms. The Bertz CT molecular complexity index is 171. The van der Waals surface area contributed by atoms with Crippen LogP contribution in [0.5, 0.6) is 0 Å². The number of carboxylic acid groups (broad SMARTS) is 1. The number of aliphatic carboxylic acids is 1. The van der Waals surface area contributed by atoms with Crippen molar-refractivity contribution >= 4 is 12.7 Å². The number of hydrogen-bond donors (Lipinski definition) is 1. The molecule has 0 aromatic carbocycles. The van der Waals surface area contributed by atoms with Gasteiger partial charge in [-0.3, -0.25) is 4.99 Å². The molecule has 1 aliphatic carbocycles. The van der Waals surface area contributed by atoms with Gasteiger partial charge in [-0.2, -0.15) is 0 Å². The normalized spacial score (nSPS) is 22.5. The summed E-state index contributed by atoms with van der Waals surface area (Å²) in [6.07, 6.45) is 4.37. The molecule has 1 saturated carbocycles. The first-order valence-electron chi connectivity index (χ1n) is 3.92. The fourth-order valence-electron chi connectivity index (χ4n) is 1.58. The minimum Gasteiger partial charge on any atom is -0.479 e. The molecule has 0 heterocycles. The summed E-state index contributed by atoms with van der Waals surface area (Å²) in [7, 11) is 0. The van der Waals surface area contributed by atoms with Crippen molar-refractivity contribution in [3.05, 3.63) is 0 Å². The van der Waals surface area contributed by atoms with Crippen molar-refractivity contribution in [2.24, 2.45) is 4.99 Å². The maximum atomic E-state index is 10.8. The quantitative estimate of drug-likeness (QED) is 0.614. The van der Waals surface area contributed by atoms with E-state index in [4.69, 9.17) is 5.11 Å². The molecule has 0 atom stereocenters. The Balaban J connectivity index is 2.72. The summed E-state index contributed by atoms with van der Waals surface area (Å²) in [4.78, 5) is 14.5. The van der Waals surface area contributed by atoms with E-state index in [1.165, 1.54) is 0 Å². The molecule has 0 unspecified atom stereocenters. The Hall–Kier alpha value is -0.860. The topological polar surface area (TPSA) is 49.7 Å². The lowest BCUT2D eigenvalue weighted by Gasteiger charge is -2.28. The molecule has 1 fully saturated rings. The van der Waals surface area contributed by atoms with Crippen LogP contribution in [0, 0.1) is 0 Å². The maximum absolute atomic E-state index is 10.8. The Morgan fingerprint density at radius 3 is 2.18 bits per heavy atom. The third kappa shape index (κ3) is 1.42. The lowest BCUT2D eigenvalue weighted by Crippen LogP contribution is -2.38. The van der Waals surface area contributed by atoms with Crippen molar-refractivity contribution in [2.75, 3.05) is 0 Å². The van der Waals surface area contributed by atoms with Gasteiger partial charge >= 0.3 is 5.97 Å². The zero-order chi connectivity index (χ0) is 8.32. The molecule has 1 aliphatic rings. The second-order valence-corrected chi connectivity index (χ2v) is 3.06. The third-order valence-electron chi connectivity index (χ3n) is 2.38. The van der Waals surface area contributed by atoms with Crippen molar-refractivity contribution in [3.8, 4) is 0 Å². The predicted octanol–water partition coefficient (Wildman–Crippen LogP) is 1.47. The van der Waals surface area contributed by atoms with E-state index < -0.39 is 11.5 Å². The van der Waals surface area contributed by atoms with Gasteiger partial charge in [0.15, 0.2) is 5.54 Å². The first-order valence-corrected chi connectivity index (χ1v) is 3.92. The smallest absolute Gasteiger partial charge is 0.331 e. The van der Waals surface area contributed by atoms with Crippen LogP contribution in [-0.4, -0.2) is 23.3 Å². The van der Waals surface area contributed by atoms with E-state index in [0.717, 1.165) is 19.3 Å². The summed E-state index contributed by atoms with van der Waals surface area (Å²) in [5.41, 5.74) is -0.849. The number of carboxylic acids is 1. The average Bonchev–Trinajstić information content (AvgIpc) is 2.05. The Labute approximate surface area is 66.1 Å². The number of hydrogen-bond acceptors (Lipinski definition) is 2. The summed E-state index contributed by atoms with van der Waals surface area (Å²) in [6.45, 7) is 3.35. The molecule has 0 aromatic rings. The van der Waals surface area contributed by atoms with Gasteiger partial charge in [-0.1, -0.05) is 19.3 Å². The standard InChI is InChI=1S/C8H13NO2/c1-9-8(7(10)11)5-3-2-4-6-8/h1-6H2,(H,10,11). The van der Waals surface area contributed by atoms with Crippen LogP contribution in [0.25, 0.3) is 0 Å². The van der Waals surface area contributed by atoms with E-state index in [1.807, 2.05) is 0 Å². The largest absolute Gasteiger partial charge is 0.479 e. The van der Waals surface area contributed by atoms with Gasteiger partial charge < -0.3 is 5.11 Å². The highest BCUT2D eigenvalue weighted by Crippen LogP contribution is 2.31. The molecule has 0 aliphatic heterocycles. The van der Waals surface area contributed by atoms with Crippen molar-refractivity contribution in [2.45, 2.75) is 37.6 Å². The first-order chi connectivity index (χ1) is 5.21. The van der Waals surface area contributed by atoms with E-state index in [2.05, 4.69) is 11.7 Å². The highest BCUT2D eigenvalue weighted by molar-refractivity contribution is 5.79. The van der Waals surface area contributed by atoms with E-state index in [0.29, 0.717) is 12.8 Å². The van der Waals surface area contributed by atoms with Crippen LogP contribution in [0.2, 0.25) is 0 Å². The van der Waals surface area contributed by atoms with Crippen LogP contribution in [0.15, 0.2) is 4.99 Å². The molecule has 0 spiro atoms. The molecule has 3 heteroatoms. The highest BCUT2D eigenvalue weighted by atomic mass is 16.4. The van der Waals surface area contributed by atoms with Crippen LogP contribution in [0.4, 0.5) is 0 Å². The maximum Gasteiger partial charge on any atom is 0.331 e. The molecule has 0 amide bonds. The van der Waals surface area contributed by atoms with Crippen LogP contribution in [-0.2, 0) is 4.79 Å². The predicted molar refractivity (Wildman–Crippen MR) is 43.0 cm³/mol. The second kappa shape index (κ2) is 3.03. The number of nitrogens with zero attached hydrogens (tertiary/aromatic N) is 1. The highest BCUT2D eigenvalue weighted by Gasteiger charge is 2.38. The molecule has 1 N–H and O–H groups in total. The molecule has 0 bridgehead atoms. The van der Waals surface area contributed by atoms with Gasteiger partial charge in [-0.15, -0.1) is 0 Å². The first kappa shape index (κ1) is 8.24. The Morgan fingerprint density at radius 2 is 1.91 bits per heavy atom. The zero-order valence-corrected chi connectivity index (χ0v) is 6.55. The molecule has 3 nitrogen and oxygen atoms in total.